The van der Waals surface area contributed by atoms with E-state index >= 15 is 0 Å². The van der Waals surface area contributed by atoms with Crippen LogP contribution < -0.4 is 9.62 Å². The van der Waals surface area contributed by atoms with Gasteiger partial charge in [-0.2, -0.15) is 0 Å². The number of carbonyl (C=O) groups is 1. The summed E-state index contributed by atoms with van der Waals surface area (Å²) in [6.07, 6.45) is 0.729. The van der Waals surface area contributed by atoms with Crippen molar-refractivity contribution in [2.45, 2.75) is 31.7 Å². The molecule has 5 nitrogen and oxygen atoms in total. The van der Waals surface area contributed by atoms with Gasteiger partial charge in [0.05, 0.1) is 4.90 Å². The maximum absolute atomic E-state index is 12.9. The molecule has 0 fully saturated rings. The molecule has 0 aliphatic carbocycles. The number of anilines is 1. The fourth-order valence-electron chi connectivity index (χ4n) is 3.67. The smallest absolute Gasteiger partial charge is 0.258 e. The van der Waals surface area contributed by atoms with E-state index in [9.17, 15) is 13.2 Å². The molecule has 0 saturated heterocycles. The standard InChI is InChI=1S/C24H23ClN2O3S/c1-16-3-9-22(13-17(16)2)31(29,30)26-15-18-4-10-23-20(14-18)11-12-27(23)24(28)19-5-7-21(25)8-6-19/h3-10,13-14,26H,11-12,15H2,1-2H3. The second-order valence-electron chi connectivity index (χ2n) is 7.75. The van der Waals surface area contributed by atoms with E-state index in [4.69, 9.17) is 11.6 Å². The van der Waals surface area contributed by atoms with Crippen molar-refractivity contribution in [1.82, 2.24) is 4.72 Å². The van der Waals surface area contributed by atoms with Crippen molar-refractivity contribution in [3.63, 3.8) is 0 Å². The maximum atomic E-state index is 12.9. The quantitative estimate of drug-likeness (QED) is 0.610. The minimum atomic E-state index is -3.60. The van der Waals surface area contributed by atoms with Gasteiger partial charge in [0, 0.05) is 29.4 Å². The monoisotopic (exact) mass is 454 g/mol. The van der Waals surface area contributed by atoms with Crippen molar-refractivity contribution in [2.75, 3.05) is 11.4 Å². The molecule has 1 aliphatic heterocycles. The Bertz CT molecular complexity index is 1250. The Balaban J connectivity index is 1.48. The number of hydrogen-bond donors (Lipinski definition) is 1. The third-order valence-corrected chi connectivity index (χ3v) is 7.28. The van der Waals surface area contributed by atoms with Gasteiger partial charge in [-0.25, -0.2) is 13.1 Å². The van der Waals surface area contributed by atoms with Gasteiger partial charge < -0.3 is 4.90 Å². The fourth-order valence-corrected chi connectivity index (χ4v) is 4.90. The number of carbonyl (C=O) groups excluding carboxylic acids is 1. The number of nitrogens with one attached hydrogen (secondary N) is 1. The van der Waals surface area contributed by atoms with Gasteiger partial charge in [-0.1, -0.05) is 29.8 Å². The number of nitrogens with zero attached hydrogens (tertiary/aromatic N) is 1. The zero-order chi connectivity index (χ0) is 22.2. The number of amides is 1. The highest BCUT2D eigenvalue weighted by atomic mass is 35.5. The van der Waals surface area contributed by atoms with Crippen molar-refractivity contribution < 1.29 is 13.2 Å². The molecule has 1 heterocycles. The van der Waals surface area contributed by atoms with Crippen LogP contribution in [0, 0.1) is 13.8 Å². The molecule has 7 heteroatoms. The first kappa shape index (κ1) is 21.6. The summed E-state index contributed by atoms with van der Waals surface area (Å²) in [7, 11) is -3.60. The molecule has 1 aliphatic rings. The van der Waals surface area contributed by atoms with Gasteiger partial charge in [0.1, 0.15) is 0 Å². The van der Waals surface area contributed by atoms with Crippen LogP contribution in [0.4, 0.5) is 5.69 Å². The predicted molar refractivity (Wildman–Crippen MR) is 123 cm³/mol. The Labute approximate surface area is 187 Å². The fraction of sp³-hybridized carbons (Fsp3) is 0.208. The Kier molecular flexibility index (Phi) is 5.88. The zero-order valence-electron chi connectivity index (χ0n) is 17.4. The third-order valence-electron chi connectivity index (χ3n) is 5.63. The molecule has 0 saturated carbocycles. The van der Waals surface area contributed by atoms with E-state index in [1.165, 1.54) is 0 Å². The Hall–Kier alpha value is -2.67. The van der Waals surface area contributed by atoms with Crippen LogP contribution in [0.1, 0.15) is 32.6 Å². The second-order valence-corrected chi connectivity index (χ2v) is 9.95. The highest BCUT2D eigenvalue weighted by Crippen LogP contribution is 2.30. The van der Waals surface area contributed by atoms with Crippen molar-refractivity contribution in [3.8, 4) is 0 Å². The summed E-state index contributed by atoms with van der Waals surface area (Å²) < 4.78 is 28.0. The second kappa shape index (κ2) is 8.46. The van der Waals surface area contributed by atoms with Crippen LogP contribution in [-0.4, -0.2) is 20.9 Å². The van der Waals surface area contributed by atoms with Crippen molar-refractivity contribution >= 4 is 33.2 Å². The molecule has 1 amide bonds. The van der Waals surface area contributed by atoms with Crippen LogP contribution in [0.3, 0.4) is 0 Å². The van der Waals surface area contributed by atoms with E-state index in [0.717, 1.165) is 34.4 Å². The number of sulfonamides is 1. The molecule has 1 N–H and O–H groups in total. The first-order valence-electron chi connectivity index (χ1n) is 10.0. The van der Waals surface area contributed by atoms with E-state index in [-0.39, 0.29) is 17.3 Å². The summed E-state index contributed by atoms with van der Waals surface area (Å²) in [5.41, 5.74) is 5.32. The molecule has 160 valence electrons. The summed E-state index contributed by atoms with van der Waals surface area (Å²) >= 11 is 5.92. The van der Waals surface area contributed by atoms with Gasteiger partial charge >= 0.3 is 0 Å². The molecule has 3 aromatic carbocycles. The topological polar surface area (TPSA) is 66.5 Å². The SMILES string of the molecule is Cc1ccc(S(=O)(=O)NCc2ccc3c(c2)CCN3C(=O)c2ccc(Cl)cc2)cc1C. The van der Waals surface area contributed by atoms with E-state index in [2.05, 4.69) is 4.72 Å². The lowest BCUT2D eigenvalue weighted by Gasteiger charge is -2.18. The normalized spacial score (nSPS) is 13.3. The van der Waals surface area contributed by atoms with Crippen molar-refractivity contribution in [2.24, 2.45) is 0 Å². The number of rotatable bonds is 5. The first-order valence-corrected chi connectivity index (χ1v) is 11.9. The van der Waals surface area contributed by atoms with E-state index in [1.807, 2.05) is 38.1 Å². The van der Waals surface area contributed by atoms with Crippen molar-refractivity contribution in [3.05, 3.63) is 93.5 Å². The lowest BCUT2D eigenvalue weighted by atomic mass is 10.1. The van der Waals surface area contributed by atoms with E-state index in [0.29, 0.717) is 17.1 Å². The van der Waals surface area contributed by atoms with Gasteiger partial charge in [-0.3, -0.25) is 4.79 Å². The van der Waals surface area contributed by atoms with Gasteiger partial charge in [0.15, 0.2) is 0 Å². The number of hydrogen-bond acceptors (Lipinski definition) is 3. The minimum absolute atomic E-state index is 0.0707. The molecule has 0 radical (unpaired) electrons. The summed E-state index contributed by atoms with van der Waals surface area (Å²) in [6, 6.07) is 17.7. The van der Waals surface area contributed by atoms with Crippen LogP contribution >= 0.6 is 11.6 Å². The summed E-state index contributed by atoms with van der Waals surface area (Å²) in [4.78, 5) is 14.9. The molecule has 0 atom stereocenters. The highest BCUT2D eigenvalue weighted by Gasteiger charge is 2.26. The van der Waals surface area contributed by atoms with Gasteiger partial charge in [-0.05, 0) is 85.0 Å². The van der Waals surface area contributed by atoms with Crippen LogP contribution in [0.5, 0.6) is 0 Å². The van der Waals surface area contributed by atoms with Gasteiger partial charge in [-0.15, -0.1) is 0 Å². The lowest BCUT2D eigenvalue weighted by Crippen LogP contribution is -2.28. The van der Waals surface area contributed by atoms with Gasteiger partial charge in [0.2, 0.25) is 10.0 Å². The molecule has 0 unspecified atom stereocenters. The summed E-state index contributed by atoms with van der Waals surface area (Å²) in [6.45, 7) is 4.62. The molecule has 3 aromatic rings. The molecule has 0 aromatic heterocycles. The highest BCUT2D eigenvalue weighted by molar-refractivity contribution is 7.89. The number of fused-ring (bicyclic) bond motifs is 1. The third kappa shape index (κ3) is 4.51. The largest absolute Gasteiger partial charge is 0.308 e. The summed E-state index contributed by atoms with van der Waals surface area (Å²) in [5.74, 6) is -0.0707. The average Bonchev–Trinajstić information content (AvgIpc) is 3.17. The number of benzene rings is 3. The Morgan fingerprint density at radius 2 is 1.74 bits per heavy atom. The van der Waals surface area contributed by atoms with Gasteiger partial charge in [0.25, 0.3) is 5.91 Å². The number of aryl methyl sites for hydroxylation is 2. The zero-order valence-corrected chi connectivity index (χ0v) is 18.9. The number of halogens is 1. The molecule has 0 spiro atoms. The molecular weight excluding hydrogens is 432 g/mol. The predicted octanol–water partition coefficient (Wildman–Crippen LogP) is 4.64. The molecule has 31 heavy (non-hydrogen) atoms. The van der Waals surface area contributed by atoms with Crippen LogP contribution in [0.15, 0.2) is 65.6 Å². The molecular formula is C24H23ClN2O3S. The van der Waals surface area contributed by atoms with E-state index < -0.39 is 10.0 Å². The summed E-state index contributed by atoms with van der Waals surface area (Å²) in [5, 5.41) is 0.589. The Morgan fingerprint density at radius 1 is 1.00 bits per heavy atom. The minimum Gasteiger partial charge on any atom is -0.308 e. The molecule has 4 rings (SSSR count). The molecule has 0 bridgehead atoms. The van der Waals surface area contributed by atoms with Crippen LogP contribution in [0.25, 0.3) is 0 Å². The average molecular weight is 455 g/mol. The van der Waals surface area contributed by atoms with Crippen LogP contribution in [0.2, 0.25) is 5.02 Å². The van der Waals surface area contributed by atoms with Crippen LogP contribution in [-0.2, 0) is 23.0 Å². The lowest BCUT2D eigenvalue weighted by molar-refractivity contribution is 0.0989. The van der Waals surface area contributed by atoms with E-state index in [1.54, 1.807) is 41.3 Å². The Morgan fingerprint density at radius 3 is 2.45 bits per heavy atom. The maximum Gasteiger partial charge on any atom is 0.258 e. The first-order chi connectivity index (χ1) is 14.7. The van der Waals surface area contributed by atoms with Crippen molar-refractivity contribution in [1.29, 1.82) is 0 Å².